The monoisotopic (exact) mass is 458 g/mol. The van der Waals surface area contributed by atoms with Crippen LogP contribution in [0.1, 0.15) is 40.5 Å². The molecule has 1 aliphatic heterocycles. The number of hydrogen-bond donors (Lipinski definition) is 1. The van der Waals surface area contributed by atoms with Gasteiger partial charge in [-0.1, -0.05) is 11.8 Å². The molecule has 1 aromatic heterocycles. The summed E-state index contributed by atoms with van der Waals surface area (Å²) < 4.78 is 2.06. The molecule has 2 heterocycles. The van der Waals surface area contributed by atoms with E-state index in [0.717, 1.165) is 29.6 Å². The smallest absolute Gasteiger partial charge is 0.235 e. The summed E-state index contributed by atoms with van der Waals surface area (Å²) in [4.78, 5) is 28.4. The molecule has 1 unspecified atom stereocenters. The Morgan fingerprint density at radius 3 is 2.28 bits per heavy atom. The lowest BCUT2D eigenvalue weighted by Crippen LogP contribution is -2.44. The maximum absolute atomic E-state index is 12.9. The van der Waals surface area contributed by atoms with Crippen LogP contribution < -0.4 is 10.6 Å². The maximum atomic E-state index is 12.9. The molecule has 9 heteroatoms. The molecule has 1 aliphatic rings. The fraction of sp³-hybridized carbons (Fsp3) is 0.565. The second-order valence-electron chi connectivity index (χ2n) is 8.03. The predicted octanol–water partition coefficient (Wildman–Crippen LogP) is 3.02. The lowest BCUT2D eigenvalue weighted by molar-refractivity contribution is -0.134. The zero-order chi connectivity index (χ0) is 23.3. The maximum Gasteiger partial charge on any atom is 0.235 e. The number of likely N-dealkylation sites (tertiary alicyclic amines) is 1. The lowest BCUT2D eigenvalue weighted by atomic mass is 9.96. The first-order valence-corrected chi connectivity index (χ1v) is 12.3. The number of nitrogens with two attached hydrogens (primary N) is 1. The third-order valence-corrected chi connectivity index (χ3v) is 7.19. The summed E-state index contributed by atoms with van der Waals surface area (Å²) in [6.45, 7) is 12.1. The van der Waals surface area contributed by atoms with Crippen molar-refractivity contribution in [3.8, 4) is 11.4 Å². The zero-order valence-electron chi connectivity index (χ0n) is 19.5. The number of anilines is 1. The number of hydrogen-bond acceptors (Lipinski definition) is 6. The number of amides is 2. The Morgan fingerprint density at radius 2 is 1.75 bits per heavy atom. The first-order chi connectivity index (χ1) is 15.4. The Bertz CT molecular complexity index is 917. The standard InChI is InChI=1S/C23H34N6O2S/c1-5-27(6-2)19-10-8-18(9-11-19)21-25-26-23(29(21)7-3)32-16(4)22(31)28-14-12-17(13-15-28)20(24)30/h8-11,16-17H,5-7,12-15H2,1-4H3,(H2,24,30). The number of rotatable bonds is 9. The number of nitrogens with zero attached hydrogens (tertiary/aromatic N) is 5. The highest BCUT2D eigenvalue weighted by molar-refractivity contribution is 8.00. The van der Waals surface area contributed by atoms with E-state index in [1.54, 1.807) is 0 Å². The van der Waals surface area contributed by atoms with Crippen molar-refractivity contribution in [1.82, 2.24) is 19.7 Å². The van der Waals surface area contributed by atoms with Crippen LogP contribution in [0, 0.1) is 5.92 Å². The summed E-state index contributed by atoms with van der Waals surface area (Å²) >= 11 is 1.43. The van der Waals surface area contributed by atoms with Gasteiger partial charge in [-0.05, 0) is 64.8 Å². The number of thioether (sulfide) groups is 1. The minimum atomic E-state index is -0.285. The average molecular weight is 459 g/mol. The molecule has 2 N–H and O–H groups in total. The van der Waals surface area contributed by atoms with E-state index in [1.165, 1.54) is 17.4 Å². The van der Waals surface area contributed by atoms with Gasteiger partial charge in [0.05, 0.1) is 5.25 Å². The van der Waals surface area contributed by atoms with Crippen LogP contribution in [0.5, 0.6) is 0 Å². The molecule has 3 rings (SSSR count). The molecule has 0 radical (unpaired) electrons. The van der Waals surface area contributed by atoms with Crippen molar-refractivity contribution in [3.05, 3.63) is 24.3 Å². The summed E-state index contributed by atoms with van der Waals surface area (Å²) in [5.41, 5.74) is 7.60. The van der Waals surface area contributed by atoms with Gasteiger partial charge in [0.15, 0.2) is 11.0 Å². The Balaban J connectivity index is 1.69. The van der Waals surface area contributed by atoms with Gasteiger partial charge in [-0.25, -0.2) is 0 Å². The number of primary amides is 1. The van der Waals surface area contributed by atoms with Crippen molar-refractivity contribution in [2.45, 2.75) is 57.5 Å². The zero-order valence-corrected chi connectivity index (χ0v) is 20.3. The SMILES string of the molecule is CCN(CC)c1ccc(-c2nnc(SC(C)C(=O)N3CCC(C(N)=O)CC3)n2CC)cc1. The molecule has 1 aromatic carbocycles. The van der Waals surface area contributed by atoms with Crippen LogP contribution in [0.3, 0.4) is 0 Å². The summed E-state index contributed by atoms with van der Waals surface area (Å²) in [6.07, 6.45) is 1.27. The van der Waals surface area contributed by atoms with Crippen molar-refractivity contribution in [2.75, 3.05) is 31.1 Å². The molecule has 1 saturated heterocycles. The quantitative estimate of drug-likeness (QED) is 0.580. The highest BCUT2D eigenvalue weighted by atomic mass is 32.2. The molecule has 174 valence electrons. The summed E-state index contributed by atoms with van der Waals surface area (Å²) in [6, 6.07) is 8.39. The van der Waals surface area contributed by atoms with Crippen molar-refractivity contribution in [2.24, 2.45) is 11.7 Å². The second kappa shape index (κ2) is 10.8. The number of carbonyl (C=O) groups is 2. The van der Waals surface area contributed by atoms with E-state index in [2.05, 4.69) is 64.7 Å². The van der Waals surface area contributed by atoms with Gasteiger partial charge in [0, 0.05) is 49.9 Å². The predicted molar refractivity (Wildman–Crippen MR) is 129 cm³/mol. The Kier molecular flexibility index (Phi) is 8.17. The van der Waals surface area contributed by atoms with Gasteiger partial charge >= 0.3 is 0 Å². The number of piperidine rings is 1. The van der Waals surface area contributed by atoms with Crippen LogP contribution in [0.2, 0.25) is 0 Å². The van der Waals surface area contributed by atoms with E-state index in [1.807, 2.05) is 11.8 Å². The van der Waals surface area contributed by atoms with Crippen molar-refractivity contribution in [1.29, 1.82) is 0 Å². The van der Waals surface area contributed by atoms with Gasteiger partial charge in [0.2, 0.25) is 11.8 Å². The normalized spacial score (nSPS) is 15.6. The third kappa shape index (κ3) is 5.26. The number of benzene rings is 1. The largest absolute Gasteiger partial charge is 0.372 e. The van der Waals surface area contributed by atoms with Crippen molar-refractivity contribution in [3.63, 3.8) is 0 Å². The summed E-state index contributed by atoms with van der Waals surface area (Å²) in [7, 11) is 0. The van der Waals surface area contributed by atoms with Crippen LogP contribution in [0.4, 0.5) is 5.69 Å². The average Bonchev–Trinajstić information content (AvgIpc) is 3.22. The minimum Gasteiger partial charge on any atom is -0.372 e. The number of carbonyl (C=O) groups excluding carboxylic acids is 2. The molecule has 0 aliphatic carbocycles. The van der Waals surface area contributed by atoms with Gasteiger partial charge in [-0.2, -0.15) is 0 Å². The van der Waals surface area contributed by atoms with E-state index in [-0.39, 0.29) is 23.0 Å². The van der Waals surface area contributed by atoms with Crippen molar-refractivity contribution >= 4 is 29.3 Å². The lowest BCUT2D eigenvalue weighted by Gasteiger charge is -2.32. The molecule has 0 saturated carbocycles. The second-order valence-corrected chi connectivity index (χ2v) is 9.34. The third-order valence-electron chi connectivity index (χ3n) is 6.13. The van der Waals surface area contributed by atoms with E-state index < -0.39 is 0 Å². The van der Waals surface area contributed by atoms with E-state index in [0.29, 0.717) is 32.5 Å². The van der Waals surface area contributed by atoms with E-state index >= 15 is 0 Å². The minimum absolute atomic E-state index is 0.0636. The first kappa shape index (κ1) is 24.1. The highest BCUT2D eigenvalue weighted by Gasteiger charge is 2.29. The van der Waals surface area contributed by atoms with Gasteiger partial charge in [0.1, 0.15) is 0 Å². The molecule has 1 fully saturated rings. The molecule has 0 bridgehead atoms. The van der Waals surface area contributed by atoms with Gasteiger partial charge in [-0.3, -0.25) is 9.59 Å². The molecular weight excluding hydrogens is 424 g/mol. The fourth-order valence-electron chi connectivity index (χ4n) is 4.13. The van der Waals surface area contributed by atoms with Gasteiger partial charge < -0.3 is 20.1 Å². The Labute approximate surface area is 194 Å². The molecule has 32 heavy (non-hydrogen) atoms. The molecule has 8 nitrogen and oxygen atoms in total. The fourth-order valence-corrected chi connectivity index (χ4v) is 5.13. The molecular formula is C23H34N6O2S. The Morgan fingerprint density at radius 1 is 1.12 bits per heavy atom. The van der Waals surface area contributed by atoms with E-state index in [4.69, 9.17) is 5.73 Å². The highest BCUT2D eigenvalue weighted by Crippen LogP contribution is 2.29. The molecule has 1 atom stereocenters. The summed E-state index contributed by atoms with van der Waals surface area (Å²) in [5, 5.41) is 9.27. The van der Waals surface area contributed by atoms with Crippen LogP contribution in [-0.2, 0) is 16.1 Å². The molecule has 2 amide bonds. The van der Waals surface area contributed by atoms with Crippen molar-refractivity contribution < 1.29 is 9.59 Å². The van der Waals surface area contributed by atoms with E-state index in [9.17, 15) is 9.59 Å². The van der Waals surface area contributed by atoms with Crippen LogP contribution in [-0.4, -0.2) is 62.9 Å². The van der Waals surface area contributed by atoms with Crippen LogP contribution >= 0.6 is 11.8 Å². The van der Waals surface area contributed by atoms with Gasteiger partial charge in [-0.15, -0.1) is 10.2 Å². The molecule has 0 spiro atoms. The van der Waals surface area contributed by atoms with Gasteiger partial charge in [0.25, 0.3) is 0 Å². The van der Waals surface area contributed by atoms with Crippen LogP contribution in [0.15, 0.2) is 29.4 Å². The summed E-state index contributed by atoms with van der Waals surface area (Å²) in [5.74, 6) is 0.478. The number of aromatic nitrogens is 3. The first-order valence-electron chi connectivity index (χ1n) is 11.4. The van der Waals surface area contributed by atoms with Crippen LogP contribution in [0.25, 0.3) is 11.4 Å². The topological polar surface area (TPSA) is 97.4 Å². The Hall–Kier alpha value is -2.55. The molecule has 2 aromatic rings.